The molecule has 0 amide bonds. The zero-order valence-electron chi connectivity index (χ0n) is 19.5. The summed E-state index contributed by atoms with van der Waals surface area (Å²) in [7, 11) is 1.53. The zero-order chi connectivity index (χ0) is 23.7. The zero-order valence-corrected chi connectivity index (χ0v) is 19.5. The van der Waals surface area contributed by atoms with Crippen LogP contribution in [0, 0.1) is 13.8 Å². The van der Waals surface area contributed by atoms with Gasteiger partial charge in [0.1, 0.15) is 12.4 Å². The molecule has 1 aliphatic heterocycles. The Kier molecular flexibility index (Phi) is 6.08. The van der Waals surface area contributed by atoms with E-state index >= 15 is 0 Å². The molecular formula is C26H27N5O3. The van der Waals surface area contributed by atoms with Crippen LogP contribution < -0.4 is 9.64 Å². The third-order valence-corrected chi connectivity index (χ3v) is 6.31. The summed E-state index contributed by atoms with van der Waals surface area (Å²) in [4.78, 5) is 11.5. The minimum Gasteiger partial charge on any atom is -0.480 e. The highest BCUT2D eigenvalue weighted by molar-refractivity contribution is 5.94. The Bertz CT molecular complexity index is 1320. The molecule has 0 unspecified atom stereocenters. The highest BCUT2D eigenvalue weighted by Crippen LogP contribution is 2.34. The summed E-state index contributed by atoms with van der Waals surface area (Å²) in [5, 5.41) is 20.2. The van der Waals surface area contributed by atoms with Gasteiger partial charge in [0.25, 0.3) is 0 Å². The van der Waals surface area contributed by atoms with Crippen LogP contribution in [0.5, 0.6) is 5.88 Å². The molecule has 1 atom stereocenters. The molecule has 1 aliphatic rings. The number of rotatable bonds is 5. The summed E-state index contributed by atoms with van der Waals surface area (Å²) in [5.74, 6) is 0.404. The Labute approximate surface area is 198 Å². The van der Waals surface area contributed by atoms with Crippen LogP contribution in [0.15, 0.2) is 48.8 Å². The predicted molar refractivity (Wildman–Crippen MR) is 130 cm³/mol. The van der Waals surface area contributed by atoms with Gasteiger partial charge in [-0.15, -0.1) is 10.2 Å². The lowest BCUT2D eigenvalue weighted by Crippen LogP contribution is -2.36. The molecule has 0 bridgehead atoms. The van der Waals surface area contributed by atoms with Crippen molar-refractivity contribution >= 4 is 16.6 Å². The van der Waals surface area contributed by atoms with Crippen LogP contribution >= 0.6 is 0 Å². The monoisotopic (exact) mass is 457 g/mol. The molecule has 5 rings (SSSR count). The number of hydrogen-bond donors (Lipinski definition) is 1. The third-order valence-electron chi connectivity index (χ3n) is 6.31. The second-order valence-corrected chi connectivity index (χ2v) is 8.45. The maximum absolute atomic E-state index is 11.1. The highest BCUT2D eigenvalue weighted by atomic mass is 16.5. The van der Waals surface area contributed by atoms with Crippen molar-refractivity contribution in [3.8, 4) is 17.1 Å². The van der Waals surface area contributed by atoms with Crippen molar-refractivity contribution in [2.45, 2.75) is 20.0 Å². The summed E-state index contributed by atoms with van der Waals surface area (Å²) >= 11 is 0. The fraction of sp³-hybridized carbons (Fsp3) is 0.308. The summed E-state index contributed by atoms with van der Waals surface area (Å²) in [6.45, 7) is 7.26. The van der Waals surface area contributed by atoms with Crippen molar-refractivity contribution < 1.29 is 14.6 Å². The van der Waals surface area contributed by atoms with E-state index in [0.29, 0.717) is 11.6 Å². The molecule has 8 heteroatoms. The maximum atomic E-state index is 11.1. The number of anilines is 1. The van der Waals surface area contributed by atoms with E-state index in [0.717, 1.165) is 70.8 Å². The summed E-state index contributed by atoms with van der Waals surface area (Å²) in [6.07, 6.45) is 0.684. The number of aliphatic hydroxyl groups excluding tert-OH is 1. The molecular weight excluding hydrogens is 430 g/mol. The number of methoxy groups -OCH3 is 1. The number of aliphatic hydroxyl groups is 1. The van der Waals surface area contributed by atoms with E-state index in [9.17, 15) is 5.11 Å². The van der Waals surface area contributed by atoms with Gasteiger partial charge >= 0.3 is 0 Å². The molecule has 1 N–H and O–H groups in total. The summed E-state index contributed by atoms with van der Waals surface area (Å²) in [6, 6.07) is 13.8. The van der Waals surface area contributed by atoms with Gasteiger partial charge in [-0.05, 0) is 60.9 Å². The van der Waals surface area contributed by atoms with Gasteiger partial charge in [-0.25, -0.2) is 9.97 Å². The number of aromatic nitrogens is 4. The van der Waals surface area contributed by atoms with Crippen LogP contribution in [0.2, 0.25) is 0 Å². The van der Waals surface area contributed by atoms with Gasteiger partial charge in [0.2, 0.25) is 5.88 Å². The van der Waals surface area contributed by atoms with E-state index in [4.69, 9.17) is 9.47 Å². The number of benzene rings is 2. The van der Waals surface area contributed by atoms with E-state index in [-0.39, 0.29) is 0 Å². The van der Waals surface area contributed by atoms with Crippen LogP contribution in [-0.4, -0.2) is 58.7 Å². The number of hydrogen-bond acceptors (Lipinski definition) is 8. The molecule has 3 heterocycles. The van der Waals surface area contributed by atoms with Gasteiger partial charge in [0, 0.05) is 35.8 Å². The number of aryl methyl sites for hydroxylation is 2. The van der Waals surface area contributed by atoms with Crippen molar-refractivity contribution in [1.29, 1.82) is 0 Å². The van der Waals surface area contributed by atoms with Crippen LogP contribution in [0.25, 0.3) is 22.2 Å². The molecule has 2 aromatic heterocycles. The molecule has 0 spiro atoms. The van der Waals surface area contributed by atoms with Crippen LogP contribution in [0.3, 0.4) is 0 Å². The Morgan fingerprint density at radius 1 is 0.971 bits per heavy atom. The number of fused-ring (bicyclic) bond motifs is 1. The van der Waals surface area contributed by atoms with Gasteiger partial charge in [-0.2, -0.15) is 0 Å². The van der Waals surface area contributed by atoms with Crippen molar-refractivity contribution in [2.75, 3.05) is 38.3 Å². The standard InChI is InChI=1S/C26H27N5O3/c1-16-12-17(2)21(26(32)22-6-7-24(33-3)30-29-22)14-20(16)25-19-5-4-18(13-23(19)27-15-28-25)31-8-10-34-11-9-31/h4-7,12-15,26,32H,8-11H2,1-3H3/t26-/m0/s1. The van der Waals surface area contributed by atoms with Gasteiger partial charge in [0.05, 0.1) is 37.2 Å². The van der Waals surface area contributed by atoms with Crippen molar-refractivity contribution in [1.82, 2.24) is 20.2 Å². The Hall–Kier alpha value is -3.62. The average molecular weight is 458 g/mol. The topological polar surface area (TPSA) is 93.5 Å². The third kappa shape index (κ3) is 4.18. The molecule has 2 aromatic carbocycles. The maximum Gasteiger partial charge on any atom is 0.233 e. The second-order valence-electron chi connectivity index (χ2n) is 8.45. The van der Waals surface area contributed by atoms with Gasteiger partial charge < -0.3 is 19.5 Å². The van der Waals surface area contributed by atoms with Crippen LogP contribution in [0.1, 0.15) is 28.5 Å². The molecule has 34 heavy (non-hydrogen) atoms. The van der Waals surface area contributed by atoms with Crippen molar-refractivity contribution in [3.05, 3.63) is 71.2 Å². The second kappa shape index (κ2) is 9.32. The highest BCUT2D eigenvalue weighted by Gasteiger charge is 2.20. The lowest BCUT2D eigenvalue weighted by Gasteiger charge is -2.29. The van der Waals surface area contributed by atoms with E-state index in [1.54, 1.807) is 18.5 Å². The lowest BCUT2D eigenvalue weighted by molar-refractivity contribution is 0.122. The Morgan fingerprint density at radius 3 is 2.53 bits per heavy atom. The molecule has 0 radical (unpaired) electrons. The largest absolute Gasteiger partial charge is 0.480 e. The minimum atomic E-state index is -0.918. The first-order valence-electron chi connectivity index (χ1n) is 11.3. The van der Waals surface area contributed by atoms with E-state index in [2.05, 4.69) is 56.3 Å². The smallest absolute Gasteiger partial charge is 0.233 e. The average Bonchev–Trinajstić information content (AvgIpc) is 2.88. The normalized spacial score (nSPS) is 14.9. The van der Waals surface area contributed by atoms with E-state index in [1.807, 2.05) is 13.0 Å². The Morgan fingerprint density at radius 2 is 1.79 bits per heavy atom. The molecule has 4 aromatic rings. The van der Waals surface area contributed by atoms with Gasteiger partial charge in [-0.3, -0.25) is 0 Å². The molecule has 0 saturated carbocycles. The first kappa shape index (κ1) is 22.2. The fourth-order valence-corrected chi connectivity index (χ4v) is 4.44. The molecule has 8 nitrogen and oxygen atoms in total. The van der Waals surface area contributed by atoms with Crippen molar-refractivity contribution in [2.24, 2.45) is 0 Å². The lowest BCUT2D eigenvalue weighted by atomic mass is 9.92. The summed E-state index contributed by atoms with van der Waals surface area (Å²) < 4.78 is 10.6. The van der Waals surface area contributed by atoms with Gasteiger partial charge in [0.15, 0.2) is 0 Å². The quantitative estimate of drug-likeness (QED) is 0.486. The minimum absolute atomic E-state index is 0.404. The van der Waals surface area contributed by atoms with E-state index < -0.39 is 6.10 Å². The number of ether oxygens (including phenoxy) is 2. The number of morpholine rings is 1. The predicted octanol–water partition coefficient (Wildman–Crippen LogP) is 3.63. The summed E-state index contributed by atoms with van der Waals surface area (Å²) in [5.41, 5.74) is 7.08. The molecule has 1 saturated heterocycles. The molecule has 0 aliphatic carbocycles. The SMILES string of the molecule is COc1ccc([C@@H](O)c2cc(-c3ncnc4cc(N5CCOCC5)ccc34)c(C)cc2C)nn1. The molecule has 1 fully saturated rings. The van der Waals surface area contributed by atoms with Crippen molar-refractivity contribution in [3.63, 3.8) is 0 Å². The Balaban J connectivity index is 1.55. The van der Waals surface area contributed by atoms with Crippen LogP contribution in [0.4, 0.5) is 5.69 Å². The van der Waals surface area contributed by atoms with Gasteiger partial charge in [-0.1, -0.05) is 6.07 Å². The van der Waals surface area contributed by atoms with Crippen LogP contribution in [-0.2, 0) is 4.74 Å². The number of nitrogens with zero attached hydrogens (tertiary/aromatic N) is 5. The van der Waals surface area contributed by atoms with E-state index in [1.165, 1.54) is 7.11 Å². The first-order valence-corrected chi connectivity index (χ1v) is 11.3. The first-order chi connectivity index (χ1) is 16.5. The fourth-order valence-electron chi connectivity index (χ4n) is 4.44. The molecule has 174 valence electrons.